The van der Waals surface area contributed by atoms with E-state index in [1.165, 1.54) is 103 Å². The standard InChI is InChI=1S/C23H46O2/c1-4-6-8-10-11-12-13-14-15-17-19-21-23(25-22(3)24)20-18-16-9-7-5-2/h23H,4-21H2,1-3H3. The number of rotatable bonds is 19. The average molecular weight is 355 g/mol. The number of carbonyl (C=O) groups excluding carboxylic acids is 1. The van der Waals surface area contributed by atoms with Gasteiger partial charge in [-0.2, -0.15) is 0 Å². The van der Waals surface area contributed by atoms with Gasteiger partial charge in [0.1, 0.15) is 6.10 Å². The molecule has 2 nitrogen and oxygen atoms in total. The molecule has 2 heteroatoms. The monoisotopic (exact) mass is 354 g/mol. The Hall–Kier alpha value is -0.530. The molecule has 0 aromatic rings. The molecule has 0 aromatic heterocycles. The molecule has 1 atom stereocenters. The van der Waals surface area contributed by atoms with Crippen molar-refractivity contribution in [2.75, 3.05) is 0 Å². The number of unbranched alkanes of at least 4 members (excludes halogenated alkanes) is 14. The summed E-state index contributed by atoms with van der Waals surface area (Å²) in [6.45, 7) is 6.07. The zero-order chi connectivity index (χ0) is 18.6. The molecule has 0 spiro atoms. The normalized spacial score (nSPS) is 12.3. The quantitative estimate of drug-likeness (QED) is 0.173. The van der Waals surface area contributed by atoms with Gasteiger partial charge < -0.3 is 4.74 Å². The lowest BCUT2D eigenvalue weighted by molar-refractivity contribution is -0.147. The predicted molar refractivity (Wildman–Crippen MR) is 110 cm³/mol. The first-order valence-corrected chi connectivity index (χ1v) is 11.4. The van der Waals surface area contributed by atoms with Gasteiger partial charge in [-0.15, -0.1) is 0 Å². The van der Waals surface area contributed by atoms with E-state index in [9.17, 15) is 4.79 Å². The molecule has 0 saturated carbocycles. The maximum atomic E-state index is 11.3. The molecule has 0 rings (SSSR count). The highest BCUT2D eigenvalue weighted by Gasteiger charge is 2.11. The van der Waals surface area contributed by atoms with Crippen LogP contribution in [0.25, 0.3) is 0 Å². The first kappa shape index (κ1) is 24.5. The van der Waals surface area contributed by atoms with Crippen LogP contribution >= 0.6 is 0 Å². The smallest absolute Gasteiger partial charge is 0.302 e. The number of hydrogen-bond donors (Lipinski definition) is 0. The minimum atomic E-state index is -0.110. The second-order valence-corrected chi connectivity index (χ2v) is 7.76. The van der Waals surface area contributed by atoms with Gasteiger partial charge in [-0.1, -0.05) is 104 Å². The van der Waals surface area contributed by atoms with Gasteiger partial charge in [0.05, 0.1) is 0 Å². The third kappa shape index (κ3) is 19.6. The molecule has 0 heterocycles. The first-order valence-electron chi connectivity index (χ1n) is 11.4. The molecular formula is C23H46O2. The van der Waals surface area contributed by atoms with Crippen LogP contribution in [-0.2, 0) is 9.53 Å². The van der Waals surface area contributed by atoms with Gasteiger partial charge in [-0.05, 0) is 25.7 Å². The van der Waals surface area contributed by atoms with E-state index < -0.39 is 0 Å². The summed E-state index contributed by atoms with van der Waals surface area (Å²) in [4.78, 5) is 11.3. The van der Waals surface area contributed by atoms with Crippen LogP contribution in [-0.4, -0.2) is 12.1 Å². The Kier molecular flexibility index (Phi) is 19.4. The van der Waals surface area contributed by atoms with Crippen LogP contribution in [0.4, 0.5) is 0 Å². The molecular weight excluding hydrogens is 308 g/mol. The summed E-state index contributed by atoms with van der Waals surface area (Å²) in [7, 11) is 0. The lowest BCUT2D eigenvalue weighted by atomic mass is 10.0. The molecule has 0 aromatic carbocycles. The van der Waals surface area contributed by atoms with Gasteiger partial charge in [-0.3, -0.25) is 4.79 Å². The van der Waals surface area contributed by atoms with Crippen LogP contribution in [0, 0.1) is 0 Å². The van der Waals surface area contributed by atoms with E-state index in [0.717, 1.165) is 12.8 Å². The number of esters is 1. The molecule has 0 fully saturated rings. The van der Waals surface area contributed by atoms with Crippen molar-refractivity contribution in [3.8, 4) is 0 Å². The molecule has 0 bridgehead atoms. The highest BCUT2D eigenvalue weighted by Crippen LogP contribution is 2.17. The lowest BCUT2D eigenvalue weighted by Gasteiger charge is -2.17. The van der Waals surface area contributed by atoms with Crippen molar-refractivity contribution in [3.05, 3.63) is 0 Å². The maximum absolute atomic E-state index is 11.3. The van der Waals surface area contributed by atoms with E-state index in [-0.39, 0.29) is 12.1 Å². The predicted octanol–water partition coefficient (Wildman–Crippen LogP) is 7.98. The second-order valence-electron chi connectivity index (χ2n) is 7.76. The minimum absolute atomic E-state index is 0.110. The first-order chi connectivity index (χ1) is 12.2. The minimum Gasteiger partial charge on any atom is -0.463 e. The molecule has 0 N–H and O–H groups in total. The Bertz CT molecular complexity index is 275. The van der Waals surface area contributed by atoms with Crippen LogP contribution in [0.1, 0.15) is 136 Å². The van der Waals surface area contributed by atoms with E-state index in [4.69, 9.17) is 4.74 Å². The third-order valence-corrected chi connectivity index (χ3v) is 5.09. The number of carbonyl (C=O) groups is 1. The summed E-state index contributed by atoms with van der Waals surface area (Å²) in [6, 6.07) is 0. The molecule has 0 amide bonds. The fourth-order valence-corrected chi connectivity index (χ4v) is 3.51. The van der Waals surface area contributed by atoms with Crippen molar-refractivity contribution in [1.82, 2.24) is 0 Å². The number of hydrogen-bond acceptors (Lipinski definition) is 2. The van der Waals surface area contributed by atoms with Crippen molar-refractivity contribution >= 4 is 5.97 Å². The molecule has 1 unspecified atom stereocenters. The van der Waals surface area contributed by atoms with Crippen LogP contribution in [0.5, 0.6) is 0 Å². The highest BCUT2D eigenvalue weighted by molar-refractivity contribution is 5.66. The highest BCUT2D eigenvalue weighted by atomic mass is 16.5. The third-order valence-electron chi connectivity index (χ3n) is 5.09. The van der Waals surface area contributed by atoms with E-state index in [0.29, 0.717) is 0 Å². The maximum Gasteiger partial charge on any atom is 0.302 e. The summed E-state index contributed by atoms with van der Waals surface area (Å²) in [6.07, 6.45) is 23.8. The summed E-state index contributed by atoms with van der Waals surface area (Å²) < 4.78 is 5.51. The van der Waals surface area contributed by atoms with Crippen LogP contribution in [0.3, 0.4) is 0 Å². The Morgan fingerprint density at radius 1 is 0.600 bits per heavy atom. The van der Waals surface area contributed by atoms with Crippen molar-refractivity contribution < 1.29 is 9.53 Å². The Balaban J connectivity index is 3.52. The summed E-state index contributed by atoms with van der Waals surface area (Å²) in [5.74, 6) is -0.110. The number of ether oxygens (including phenoxy) is 1. The van der Waals surface area contributed by atoms with Gasteiger partial charge in [-0.25, -0.2) is 0 Å². The zero-order valence-electron chi connectivity index (χ0n) is 17.6. The van der Waals surface area contributed by atoms with Gasteiger partial charge in [0.25, 0.3) is 0 Å². The van der Waals surface area contributed by atoms with E-state index in [1.54, 1.807) is 6.92 Å². The Morgan fingerprint density at radius 2 is 0.920 bits per heavy atom. The molecule has 0 radical (unpaired) electrons. The van der Waals surface area contributed by atoms with Gasteiger partial charge in [0.15, 0.2) is 0 Å². The van der Waals surface area contributed by atoms with E-state index >= 15 is 0 Å². The van der Waals surface area contributed by atoms with Crippen LogP contribution in [0.2, 0.25) is 0 Å². The van der Waals surface area contributed by atoms with Gasteiger partial charge in [0, 0.05) is 6.92 Å². The largest absolute Gasteiger partial charge is 0.463 e. The van der Waals surface area contributed by atoms with Crippen molar-refractivity contribution in [3.63, 3.8) is 0 Å². The van der Waals surface area contributed by atoms with Crippen LogP contribution in [0.15, 0.2) is 0 Å². The summed E-state index contributed by atoms with van der Waals surface area (Å²) in [5, 5.41) is 0. The van der Waals surface area contributed by atoms with Gasteiger partial charge in [0.2, 0.25) is 0 Å². The topological polar surface area (TPSA) is 26.3 Å². The Morgan fingerprint density at radius 3 is 1.24 bits per heavy atom. The average Bonchev–Trinajstić information content (AvgIpc) is 2.58. The Labute approximate surface area is 158 Å². The molecule has 0 aliphatic heterocycles. The van der Waals surface area contributed by atoms with Crippen LogP contribution < -0.4 is 0 Å². The molecule has 25 heavy (non-hydrogen) atoms. The molecule has 150 valence electrons. The van der Waals surface area contributed by atoms with Crippen molar-refractivity contribution in [1.29, 1.82) is 0 Å². The summed E-state index contributed by atoms with van der Waals surface area (Å²) >= 11 is 0. The molecule has 0 aliphatic rings. The fraction of sp³-hybridized carbons (Fsp3) is 0.957. The van der Waals surface area contributed by atoms with Gasteiger partial charge >= 0.3 is 5.97 Å². The zero-order valence-corrected chi connectivity index (χ0v) is 17.6. The van der Waals surface area contributed by atoms with Crippen molar-refractivity contribution in [2.24, 2.45) is 0 Å². The molecule has 0 aliphatic carbocycles. The van der Waals surface area contributed by atoms with E-state index in [1.807, 2.05) is 0 Å². The second kappa shape index (κ2) is 19.8. The SMILES string of the molecule is CCCCCCCCCCCCCC(CCCCCCC)OC(C)=O. The fourth-order valence-electron chi connectivity index (χ4n) is 3.51. The summed E-state index contributed by atoms with van der Waals surface area (Å²) in [5.41, 5.74) is 0. The van der Waals surface area contributed by atoms with E-state index in [2.05, 4.69) is 13.8 Å². The van der Waals surface area contributed by atoms with Crippen molar-refractivity contribution in [2.45, 2.75) is 142 Å². The lowest BCUT2D eigenvalue weighted by Crippen LogP contribution is -2.16. The molecule has 0 saturated heterocycles.